The second-order valence-electron chi connectivity index (χ2n) is 3.12. The number of esters is 1. The van der Waals surface area contributed by atoms with Gasteiger partial charge in [0.05, 0.1) is 5.92 Å². The van der Waals surface area contributed by atoms with Crippen LogP contribution in [0.15, 0.2) is 11.7 Å². The van der Waals surface area contributed by atoms with Crippen molar-refractivity contribution in [3.63, 3.8) is 0 Å². The number of hydrogen-bond acceptors (Lipinski definition) is 2. The zero-order chi connectivity index (χ0) is 10.6. The van der Waals surface area contributed by atoms with Gasteiger partial charge in [-0.15, -0.1) is 0 Å². The maximum absolute atomic E-state index is 12.8. The molecule has 0 aliphatic carbocycles. The molecule has 0 rings (SSSR count). The Kier molecular flexibility index (Phi) is 4.59. The van der Waals surface area contributed by atoms with E-state index in [1.807, 2.05) is 0 Å². The third kappa shape index (κ3) is 4.01. The van der Waals surface area contributed by atoms with Crippen molar-refractivity contribution in [1.82, 2.24) is 0 Å². The minimum atomic E-state index is -1.14. The molecule has 0 aliphatic heterocycles. The smallest absolute Gasteiger partial charge is 0.309 e. The SMILES string of the molecule is CC(F)=C(F)[C@H](C)OC(=O)C(C)C. The molecule has 2 nitrogen and oxygen atoms in total. The lowest BCUT2D eigenvalue weighted by molar-refractivity contribution is -0.151. The van der Waals surface area contributed by atoms with Crippen molar-refractivity contribution >= 4 is 5.97 Å². The van der Waals surface area contributed by atoms with Crippen LogP contribution < -0.4 is 0 Å². The number of halogens is 2. The van der Waals surface area contributed by atoms with Crippen LogP contribution in [0.25, 0.3) is 0 Å². The molecule has 0 unspecified atom stereocenters. The summed E-state index contributed by atoms with van der Waals surface area (Å²) in [5, 5.41) is 0. The summed E-state index contributed by atoms with van der Waals surface area (Å²) in [7, 11) is 0. The first-order valence-electron chi connectivity index (χ1n) is 4.08. The number of carbonyl (C=O) groups is 1. The fraction of sp³-hybridized carbons (Fsp3) is 0.667. The van der Waals surface area contributed by atoms with Crippen molar-refractivity contribution in [3.8, 4) is 0 Å². The van der Waals surface area contributed by atoms with E-state index in [4.69, 9.17) is 0 Å². The van der Waals surface area contributed by atoms with Gasteiger partial charge in [-0.05, 0) is 13.8 Å². The molecule has 0 aromatic heterocycles. The first kappa shape index (κ1) is 12.1. The van der Waals surface area contributed by atoms with Gasteiger partial charge in [0.1, 0.15) is 5.83 Å². The highest BCUT2D eigenvalue weighted by Crippen LogP contribution is 2.15. The van der Waals surface area contributed by atoms with E-state index in [0.717, 1.165) is 6.92 Å². The van der Waals surface area contributed by atoms with E-state index in [-0.39, 0.29) is 5.92 Å². The van der Waals surface area contributed by atoms with Gasteiger partial charge in [0.25, 0.3) is 0 Å². The lowest BCUT2D eigenvalue weighted by atomic mass is 10.2. The Hall–Kier alpha value is -0.930. The summed E-state index contributed by atoms with van der Waals surface area (Å²) in [5.74, 6) is -2.86. The van der Waals surface area contributed by atoms with Crippen LogP contribution in [-0.4, -0.2) is 12.1 Å². The Morgan fingerprint density at radius 3 is 2.00 bits per heavy atom. The van der Waals surface area contributed by atoms with Crippen LogP contribution in [0.2, 0.25) is 0 Å². The molecule has 0 spiro atoms. The largest absolute Gasteiger partial charge is 0.455 e. The molecule has 0 amide bonds. The van der Waals surface area contributed by atoms with Gasteiger partial charge in [0.15, 0.2) is 11.9 Å². The third-order valence-corrected chi connectivity index (χ3v) is 1.45. The van der Waals surface area contributed by atoms with Crippen LogP contribution in [-0.2, 0) is 9.53 Å². The summed E-state index contributed by atoms with van der Waals surface area (Å²) in [5.41, 5.74) is 0. The Morgan fingerprint density at radius 1 is 1.23 bits per heavy atom. The van der Waals surface area contributed by atoms with E-state index in [1.165, 1.54) is 6.92 Å². The Morgan fingerprint density at radius 2 is 1.69 bits per heavy atom. The van der Waals surface area contributed by atoms with Crippen molar-refractivity contribution in [3.05, 3.63) is 11.7 Å². The number of rotatable bonds is 3. The van der Waals surface area contributed by atoms with E-state index < -0.39 is 23.7 Å². The maximum Gasteiger partial charge on any atom is 0.309 e. The summed E-state index contributed by atoms with van der Waals surface area (Å²) in [6, 6.07) is 0. The average Bonchev–Trinajstić information content (AvgIpc) is 2.02. The zero-order valence-electron chi connectivity index (χ0n) is 8.23. The molecule has 0 radical (unpaired) electrons. The van der Waals surface area contributed by atoms with Gasteiger partial charge in [-0.25, -0.2) is 8.78 Å². The fourth-order valence-corrected chi connectivity index (χ4v) is 0.642. The zero-order valence-corrected chi connectivity index (χ0v) is 8.23. The lowest BCUT2D eigenvalue weighted by Crippen LogP contribution is -2.19. The molecule has 0 N–H and O–H groups in total. The summed E-state index contributed by atoms with van der Waals surface area (Å²) in [6.45, 7) is 5.52. The van der Waals surface area contributed by atoms with Crippen LogP contribution in [0.1, 0.15) is 27.7 Å². The second-order valence-corrected chi connectivity index (χ2v) is 3.12. The van der Waals surface area contributed by atoms with Crippen LogP contribution in [0.4, 0.5) is 8.78 Å². The van der Waals surface area contributed by atoms with Crippen molar-refractivity contribution in [2.75, 3.05) is 0 Å². The van der Waals surface area contributed by atoms with Crippen molar-refractivity contribution in [1.29, 1.82) is 0 Å². The Balaban J connectivity index is 4.24. The topological polar surface area (TPSA) is 26.3 Å². The number of allylic oxidation sites excluding steroid dienone is 1. The number of carbonyl (C=O) groups excluding carboxylic acids is 1. The van der Waals surface area contributed by atoms with E-state index in [2.05, 4.69) is 4.74 Å². The summed E-state index contributed by atoms with van der Waals surface area (Å²) in [4.78, 5) is 10.9. The normalized spacial score (nSPS) is 15.3. The monoisotopic (exact) mass is 192 g/mol. The van der Waals surface area contributed by atoms with Gasteiger partial charge in [0.2, 0.25) is 0 Å². The molecule has 0 bridgehead atoms. The van der Waals surface area contributed by atoms with Gasteiger partial charge >= 0.3 is 5.97 Å². The van der Waals surface area contributed by atoms with Gasteiger partial charge in [-0.1, -0.05) is 13.8 Å². The molecule has 0 aliphatic rings. The van der Waals surface area contributed by atoms with E-state index >= 15 is 0 Å². The van der Waals surface area contributed by atoms with E-state index in [0.29, 0.717) is 0 Å². The first-order chi connectivity index (χ1) is 5.86. The van der Waals surface area contributed by atoms with Crippen molar-refractivity contribution in [2.45, 2.75) is 33.8 Å². The first-order valence-corrected chi connectivity index (χ1v) is 4.08. The van der Waals surface area contributed by atoms with Gasteiger partial charge in [-0.3, -0.25) is 4.79 Å². The molecule has 0 fully saturated rings. The standard InChI is InChI=1S/C9H14F2O2/c1-5(2)9(12)13-7(4)8(11)6(3)10/h5,7H,1-4H3/t7-/m0/s1. The molecule has 0 saturated heterocycles. The van der Waals surface area contributed by atoms with Crippen LogP contribution in [0, 0.1) is 5.92 Å². The molecular weight excluding hydrogens is 178 g/mol. The predicted molar refractivity (Wildman–Crippen MR) is 45.3 cm³/mol. The molecule has 4 heteroatoms. The average molecular weight is 192 g/mol. The molecule has 0 aromatic carbocycles. The molecule has 0 saturated carbocycles. The fourth-order valence-electron chi connectivity index (χ4n) is 0.642. The Labute approximate surface area is 76.6 Å². The minimum absolute atomic E-state index is 0.338. The molecule has 1 atom stereocenters. The lowest BCUT2D eigenvalue weighted by Gasteiger charge is -2.12. The maximum atomic E-state index is 12.8. The third-order valence-electron chi connectivity index (χ3n) is 1.45. The minimum Gasteiger partial charge on any atom is -0.455 e. The van der Waals surface area contributed by atoms with Crippen LogP contribution in [0.5, 0.6) is 0 Å². The van der Waals surface area contributed by atoms with Gasteiger partial charge in [-0.2, -0.15) is 0 Å². The van der Waals surface area contributed by atoms with Crippen molar-refractivity contribution < 1.29 is 18.3 Å². The Bertz CT molecular complexity index is 218. The van der Waals surface area contributed by atoms with E-state index in [9.17, 15) is 13.6 Å². The number of ether oxygens (including phenoxy) is 1. The molecular formula is C9H14F2O2. The molecule has 0 heterocycles. The molecule has 0 aromatic rings. The highest BCUT2D eigenvalue weighted by molar-refractivity contribution is 5.71. The van der Waals surface area contributed by atoms with Crippen molar-refractivity contribution in [2.24, 2.45) is 5.92 Å². The molecule has 76 valence electrons. The van der Waals surface area contributed by atoms with Crippen LogP contribution >= 0.6 is 0 Å². The predicted octanol–water partition coefficient (Wildman–Crippen LogP) is 2.74. The van der Waals surface area contributed by atoms with Gasteiger partial charge in [0, 0.05) is 0 Å². The summed E-state index contributed by atoms with van der Waals surface area (Å²) in [6.07, 6.45) is -1.14. The highest BCUT2D eigenvalue weighted by Gasteiger charge is 2.18. The van der Waals surface area contributed by atoms with E-state index in [1.54, 1.807) is 13.8 Å². The summed E-state index contributed by atoms with van der Waals surface area (Å²) >= 11 is 0. The quantitative estimate of drug-likeness (QED) is 0.642. The molecule has 13 heavy (non-hydrogen) atoms. The van der Waals surface area contributed by atoms with Gasteiger partial charge < -0.3 is 4.74 Å². The second kappa shape index (κ2) is 4.94. The van der Waals surface area contributed by atoms with Crippen LogP contribution in [0.3, 0.4) is 0 Å². The highest BCUT2D eigenvalue weighted by atomic mass is 19.2. The summed E-state index contributed by atoms with van der Waals surface area (Å²) < 4.78 is 29.7. The number of hydrogen-bond donors (Lipinski definition) is 0.